The van der Waals surface area contributed by atoms with Gasteiger partial charge in [-0.05, 0) is 13.3 Å². The standard InChI is InChI=1S/C7H13N/c1-3-6(2)8-7-4-5-7/h4,6,8H,3,5H2,1-2H3. The van der Waals surface area contributed by atoms with Crippen LogP contribution in [0.25, 0.3) is 0 Å². The average Bonchev–Trinajstić information content (AvgIpc) is 2.50. The summed E-state index contributed by atoms with van der Waals surface area (Å²) in [6.45, 7) is 4.40. The summed E-state index contributed by atoms with van der Waals surface area (Å²) in [5.41, 5.74) is 1.43. The molecule has 1 atom stereocenters. The van der Waals surface area contributed by atoms with Crippen LogP contribution in [0.15, 0.2) is 11.8 Å². The lowest BCUT2D eigenvalue weighted by Gasteiger charge is -2.07. The molecule has 8 heavy (non-hydrogen) atoms. The second kappa shape index (κ2) is 2.21. The summed E-state index contributed by atoms with van der Waals surface area (Å²) in [7, 11) is 0. The highest BCUT2D eigenvalue weighted by molar-refractivity contribution is 5.19. The van der Waals surface area contributed by atoms with Crippen molar-refractivity contribution in [3.63, 3.8) is 0 Å². The van der Waals surface area contributed by atoms with E-state index in [1.807, 2.05) is 0 Å². The topological polar surface area (TPSA) is 12.0 Å². The highest BCUT2D eigenvalue weighted by Crippen LogP contribution is 2.14. The van der Waals surface area contributed by atoms with E-state index in [0.29, 0.717) is 6.04 Å². The third-order valence-corrected chi connectivity index (χ3v) is 1.45. The van der Waals surface area contributed by atoms with Crippen molar-refractivity contribution in [2.75, 3.05) is 0 Å². The van der Waals surface area contributed by atoms with E-state index < -0.39 is 0 Å². The molecule has 0 amide bonds. The molecule has 0 aliphatic heterocycles. The van der Waals surface area contributed by atoms with Gasteiger partial charge in [0.05, 0.1) is 0 Å². The average molecular weight is 111 g/mol. The van der Waals surface area contributed by atoms with Crippen molar-refractivity contribution in [1.29, 1.82) is 0 Å². The SMILES string of the molecule is CCC(C)NC1=CC1. The first kappa shape index (κ1) is 5.67. The lowest BCUT2D eigenvalue weighted by molar-refractivity contribution is 0.605. The quantitative estimate of drug-likeness (QED) is 0.584. The number of hydrogen-bond donors (Lipinski definition) is 1. The smallest absolute Gasteiger partial charge is 0.0227 e. The van der Waals surface area contributed by atoms with E-state index in [0.717, 1.165) is 0 Å². The van der Waals surface area contributed by atoms with E-state index in [-0.39, 0.29) is 0 Å². The third kappa shape index (κ3) is 1.57. The van der Waals surface area contributed by atoms with Gasteiger partial charge in [0.1, 0.15) is 0 Å². The van der Waals surface area contributed by atoms with Gasteiger partial charge < -0.3 is 5.32 Å². The normalized spacial score (nSPS) is 19.5. The summed E-state index contributed by atoms with van der Waals surface area (Å²) in [5, 5.41) is 3.36. The van der Waals surface area contributed by atoms with Crippen LogP contribution in [0.4, 0.5) is 0 Å². The van der Waals surface area contributed by atoms with Crippen LogP contribution in [0, 0.1) is 0 Å². The van der Waals surface area contributed by atoms with Gasteiger partial charge in [0.2, 0.25) is 0 Å². The van der Waals surface area contributed by atoms with Crippen LogP contribution in [-0.2, 0) is 0 Å². The molecule has 1 N–H and O–H groups in total. The van der Waals surface area contributed by atoms with E-state index in [1.54, 1.807) is 0 Å². The summed E-state index contributed by atoms with van der Waals surface area (Å²) < 4.78 is 0. The van der Waals surface area contributed by atoms with Crippen LogP contribution >= 0.6 is 0 Å². The maximum atomic E-state index is 3.36. The molecular formula is C7H13N. The monoisotopic (exact) mass is 111 g/mol. The molecule has 1 nitrogen and oxygen atoms in total. The van der Waals surface area contributed by atoms with Gasteiger partial charge in [0.25, 0.3) is 0 Å². The van der Waals surface area contributed by atoms with Gasteiger partial charge in [0, 0.05) is 18.2 Å². The largest absolute Gasteiger partial charge is 0.386 e. The lowest BCUT2D eigenvalue weighted by atomic mass is 10.3. The fourth-order valence-corrected chi connectivity index (χ4v) is 0.587. The Morgan fingerprint density at radius 2 is 2.50 bits per heavy atom. The molecule has 1 rings (SSSR count). The van der Waals surface area contributed by atoms with Gasteiger partial charge in [-0.15, -0.1) is 0 Å². The van der Waals surface area contributed by atoms with E-state index in [9.17, 15) is 0 Å². The van der Waals surface area contributed by atoms with Crippen LogP contribution in [0.2, 0.25) is 0 Å². The van der Waals surface area contributed by atoms with E-state index in [1.165, 1.54) is 18.5 Å². The first-order valence-electron chi connectivity index (χ1n) is 3.28. The molecule has 1 aliphatic rings. The van der Waals surface area contributed by atoms with Gasteiger partial charge in [-0.1, -0.05) is 13.0 Å². The zero-order chi connectivity index (χ0) is 5.98. The summed E-state index contributed by atoms with van der Waals surface area (Å²) >= 11 is 0. The predicted octanol–water partition coefficient (Wildman–Crippen LogP) is 1.66. The highest BCUT2D eigenvalue weighted by Gasteiger charge is 2.07. The van der Waals surface area contributed by atoms with Gasteiger partial charge >= 0.3 is 0 Å². The van der Waals surface area contributed by atoms with Crippen LogP contribution < -0.4 is 5.32 Å². The van der Waals surface area contributed by atoms with Crippen LogP contribution in [0.1, 0.15) is 26.7 Å². The molecule has 0 aromatic rings. The minimum absolute atomic E-state index is 0.670. The predicted molar refractivity (Wildman–Crippen MR) is 35.6 cm³/mol. The van der Waals surface area contributed by atoms with Crippen molar-refractivity contribution in [3.05, 3.63) is 11.8 Å². The molecule has 0 spiro atoms. The molecule has 0 radical (unpaired) electrons. The molecule has 0 saturated carbocycles. The Bertz CT molecular complexity index is 105. The zero-order valence-corrected chi connectivity index (χ0v) is 5.57. The fourth-order valence-electron chi connectivity index (χ4n) is 0.587. The molecule has 1 heteroatoms. The number of rotatable bonds is 3. The highest BCUT2D eigenvalue weighted by atomic mass is 14.9. The van der Waals surface area contributed by atoms with E-state index >= 15 is 0 Å². The summed E-state index contributed by atoms with van der Waals surface area (Å²) in [5.74, 6) is 0. The summed E-state index contributed by atoms with van der Waals surface area (Å²) in [4.78, 5) is 0. The first-order chi connectivity index (χ1) is 3.83. The zero-order valence-electron chi connectivity index (χ0n) is 5.57. The van der Waals surface area contributed by atoms with Crippen molar-refractivity contribution in [1.82, 2.24) is 5.32 Å². The maximum Gasteiger partial charge on any atom is 0.0227 e. The lowest BCUT2D eigenvalue weighted by Crippen LogP contribution is -2.20. The number of hydrogen-bond acceptors (Lipinski definition) is 1. The maximum absolute atomic E-state index is 3.36. The molecule has 0 saturated heterocycles. The van der Waals surface area contributed by atoms with E-state index in [2.05, 4.69) is 25.2 Å². The molecule has 1 unspecified atom stereocenters. The van der Waals surface area contributed by atoms with Crippen molar-refractivity contribution in [2.24, 2.45) is 0 Å². The Labute approximate surface area is 50.8 Å². The number of allylic oxidation sites excluding steroid dienone is 2. The Hall–Kier alpha value is -0.460. The fraction of sp³-hybridized carbons (Fsp3) is 0.714. The first-order valence-corrected chi connectivity index (χ1v) is 3.28. The molecule has 46 valence electrons. The van der Waals surface area contributed by atoms with Crippen molar-refractivity contribution in [3.8, 4) is 0 Å². The van der Waals surface area contributed by atoms with Gasteiger partial charge in [-0.25, -0.2) is 0 Å². The molecule has 1 aliphatic carbocycles. The Kier molecular flexibility index (Phi) is 1.56. The molecule has 0 fully saturated rings. The van der Waals surface area contributed by atoms with Crippen molar-refractivity contribution >= 4 is 0 Å². The summed E-state index contributed by atoms with van der Waals surface area (Å²) in [6, 6.07) is 0.670. The second-order valence-corrected chi connectivity index (χ2v) is 2.39. The Morgan fingerprint density at radius 3 is 2.88 bits per heavy atom. The molecule has 0 bridgehead atoms. The molecule has 0 aromatic carbocycles. The second-order valence-electron chi connectivity index (χ2n) is 2.39. The Morgan fingerprint density at radius 1 is 1.88 bits per heavy atom. The van der Waals surface area contributed by atoms with E-state index in [4.69, 9.17) is 0 Å². The summed E-state index contributed by atoms with van der Waals surface area (Å²) in [6.07, 6.45) is 4.63. The molecule has 0 heterocycles. The minimum atomic E-state index is 0.670. The van der Waals surface area contributed by atoms with Gasteiger partial charge in [0.15, 0.2) is 0 Å². The third-order valence-electron chi connectivity index (χ3n) is 1.45. The van der Waals surface area contributed by atoms with Crippen molar-refractivity contribution < 1.29 is 0 Å². The van der Waals surface area contributed by atoms with Crippen LogP contribution in [0.3, 0.4) is 0 Å². The van der Waals surface area contributed by atoms with Gasteiger partial charge in [-0.2, -0.15) is 0 Å². The molecule has 0 aromatic heterocycles. The van der Waals surface area contributed by atoms with Crippen molar-refractivity contribution in [2.45, 2.75) is 32.7 Å². The Balaban J connectivity index is 2.07. The molecular weight excluding hydrogens is 98.1 g/mol. The number of nitrogens with one attached hydrogen (secondary N) is 1. The van der Waals surface area contributed by atoms with Crippen LogP contribution in [0.5, 0.6) is 0 Å². The van der Waals surface area contributed by atoms with Crippen LogP contribution in [-0.4, -0.2) is 6.04 Å². The van der Waals surface area contributed by atoms with Gasteiger partial charge in [-0.3, -0.25) is 0 Å². The minimum Gasteiger partial charge on any atom is -0.386 e.